The van der Waals surface area contributed by atoms with E-state index in [1.165, 1.54) is 21.9 Å². The SMILES string of the molecule is COCC(C)Nc1nn2c(=O)cc(C)nc2s1. The maximum absolute atomic E-state index is 11.6. The minimum absolute atomic E-state index is 0.136. The number of nitrogens with one attached hydrogen (secondary N) is 1. The Balaban J connectivity index is 2.32. The molecule has 2 aromatic heterocycles. The third-order valence-corrected chi connectivity index (χ3v) is 3.00. The molecule has 7 heteroatoms. The summed E-state index contributed by atoms with van der Waals surface area (Å²) >= 11 is 1.35. The summed E-state index contributed by atoms with van der Waals surface area (Å²) in [5, 5.41) is 8.00. The first kappa shape index (κ1) is 12.0. The Morgan fingerprint density at radius 3 is 3.12 bits per heavy atom. The predicted molar refractivity (Wildman–Crippen MR) is 66.8 cm³/mol. The molecule has 0 radical (unpaired) electrons. The molecule has 1 N–H and O–H groups in total. The van der Waals surface area contributed by atoms with Gasteiger partial charge < -0.3 is 10.1 Å². The first-order chi connectivity index (χ1) is 8.10. The molecule has 2 heterocycles. The number of ether oxygens (including phenoxy) is 1. The van der Waals surface area contributed by atoms with Crippen LogP contribution in [-0.2, 0) is 4.74 Å². The van der Waals surface area contributed by atoms with Crippen LogP contribution in [0.3, 0.4) is 0 Å². The molecule has 2 rings (SSSR count). The largest absolute Gasteiger partial charge is 0.383 e. The summed E-state index contributed by atoms with van der Waals surface area (Å²) in [5.41, 5.74) is 0.548. The van der Waals surface area contributed by atoms with Crippen LogP contribution < -0.4 is 10.9 Å². The zero-order valence-corrected chi connectivity index (χ0v) is 10.7. The lowest BCUT2D eigenvalue weighted by Gasteiger charge is -2.09. The number of rotatable bonds is 4. The molecule has 0 saturated carbocycles. The lowest BCUT2D eigenvalue weighted by molar-refractivity contribution is 0.190. The van der Waals surface area contributed by atoms with Gasteiger partial charge in [-0.3, -0.25) is 4.79 Å². The van der Waals surface area contributed by atoms with Crippen LogP contribution in [0.1, 0.15) is 12.6 Å². The van der Waals surface area contributed by atoms with E-state index in [1.54, 1.807) is 14.0 Å². The summed E-state index contributed by atoms with van der Waals surface area (Å²) in [6, 6.07) is 1.60. The molecule has 6 nitrogen and oxygen atoms in total. The smallest absolute Gasteiger partial charge is 0.275 e. The quantitative estimate of drug-likeness (QED) is 0.878. The predicted octanol–water partition coefficient (Wildman–Crippen LogP) is 0.906. The van der Waals surface area contributed by atoms with Gasteiger partial charge in [0.2, 0.25) is 10.1 Å². The summed E-state index contributed by atoms with van der Waals surface area (Å²) in [5.74, 6) is 0. The van der Waals surface area contributed by atoms with Gasteiger partial charge in [0, 0.05) is 24.9 Å². The van der Waals surface area contributed by atoms with Crippen LogP contribution in [0.15, 0.2) is 10.9 Å². The van der Waals surface area contributed by atoms with E-state index in [-0.39, 0.29) is 11.6 Å². The standard InChI is InChI=1S/C10H14N4O2S/c1-6-4-8(15)14-10(12-6)17-9(13-14)11-7(2)5-16-3/h4,7H,5H2,1-3H3,(H,11,13). The number of hydrogen-bond donors (Lipinski definition) is 1. The van der Waals surface area contributed by atoms with Crippen molar-refractivity contribution in [1.29, 1.82) is 0 Å². The Bertz CT molecular complexity index is 577. The van der Waals surface area contributed by atoms with Gasteiger partial charge in [-0.1, -0.05) is 11.3 Å². The average molecular weight is 254 g/mol. The van der Waals surface area contributed by atoms with Crippen molar-refractivity contribution < 1.29 is 4.74 Å². The summed E-state index contributed by atoms with van der Waals surface area (Å²) in [7, 11) is 1.64. The maximum atomic E-state index is 11.6. The molecule has 0 aromatic carbocycles. The number of fused-ring (bicyclic) bond motifs is 1. The Labute approximate surface area is 102 Å². The highest BCUT2D eigenvalue weighted by Gasteiger charge is 2.09. The molecular weight excluding hydrogens is 240 g/mol. The van der Waals surface area contributed by atoms with Crippen molar-refractivity contribution >= 4 is 21.4 Å². The van der Waals surface area contributed by atoms with Crippen molar-refractivity contribution in [3.05, 3.63) is 22.1 Å². The van der Waals surface area contributed by atoms with Crippen molar-refractivity contribution in [3.8, 4) is 0 Å². The van der Waals surface area contributed by atoms with Gasteiger partial charge in [0.05, 0.1) is 6.61 Å². The number of anilines is 1. The summed E-state index contributed by atoms with van der Waals surface area (Å²) in [6.07, 6.45) is 0. The van der Waals surface area contributed by atoms with Gasteiger partial charge in [0.15, 0.2) is 0 Å². The fourth-order valence-electron chi connectivity index (χ4n) is 1.48. The first-order valence-electron chi connectivity index (χ1n) is 5.23. The molecule has 0 fully saturated rings. The van der Waals surface area contributed by atoms with Gasteiger partial charge in [-0.2, -0.15) is 4.52 Å². The van der Waals surface area contributed by atoms with Crippen molar-refractivity contribution in [2.24, 2.45) is 0 Å². The third-order valence-electron chi connectivity index (χ3n) is 2.16. The van der Waals surface area contributed by atoms with Crippen LogP contribution >= 0.6 is 11.3 Å². The Morgan fingerprint density at radius 2 is 2.41 bits per heavy atom. The monoisotopic (exact) mass is 254 g/mol. The number of aryl methyl sites for hydroxylation is 1. The minimum atomic E-state index is -0.156. The molecule has 0 saturated heterocycles. The second-order valence-corrected chi connectivity index (χ2v) is 4.79. The highest BCUT2D eigenvalue weighted by molar-refractivity contribution is 7.20. The maximum Gasteiger partial charge on any atom is 0.275 e. The van der Waals surface area contributed by atoms with Crippen molar-refractivity contribution in [3.63, 3.8) is 0 Å². The molecule has 2 aromatic rings. The van der Waals surface area contributed by atoms with Crippen LogP contribution in [0.4, 0.5) is 5.13 Å². The number of hydrogen-bond acceptors (Lipinski definition) is 6. The van der Waals surface area contributed by atoms with E-state index in [9.17, 15) is 4.79 Å². The van der Waals surface area contributed by atoms with E-state index in [0.29, 0.717) is 22.4 Å². The third kappa shape index (κ3) is 2.62. The molecule has 0 aliphatic rings. The van der Waals surface area contributed by atoms with Gasteiger partial charge in [-0.15, -0.1) is 5.10 Å². The van der Waals surface area contributed by atoms with Gasteiger partial charge in [0.1, 0.15) is 0 Å². The Morgan fingerprint density at radius 1 is 1.65 bits per heavy atom. The van der Waals surface area contributed by atoms with Gasteiger partial charge in [0.25, 0.3) is 5.56 Å². The van der Waals surface area contributed by atoms with Crippen LogP contribution in [0.5, 0.6) is 0 Å². The van der Waals surface area contributed by atoms with Crippen LogP contribution in [-0.4, -0.2) is 34.4 Å². The average Bonchev–Trinajstić information content (AvgIpc) is 2.60. The normalized spacial score (nSPS) is 12.9. The lowest BCUT2D eigenvalue weighted by Crippen LogP contribution is -2.21. The molecule has 92 valence electrons. The molecule has 0 bridgehead atoms. The van der Waals surface area contributed by atoms with Crippen LogP contribution in [0.2, 0.25) is 0 Å². The fourth-order valence-corrected chi connectivity index (χ4v) is 2.44. The minimum Gasteiger partial charge on any atom is -0.383 e. The lowest BCUT2D eigenvalue weighted by atomic mass is 10.4. The van der Waals surface area contributed by atoms with Crippen LogP contribution in [0, 0.1) is 6.92 Å². The number of aromatic nitrogens is 3. The van der Waals surface area contributed by atoms with E-state index in [2.05, 4.69) is 15.4 Å². The van der Waals surface area contributed by atoms with E-state index in [0.717, 1.165) is 0 Å². The number of methoxy groups -OCH3 is 1. The second kappa shape index (κ2) is 4.80. The summed E-state index contributed by atoms with van der Waals surface area (Å²) in [4.78, 5) is 16.5. The molecule has 17 heavy (non-hydrogen) atoms. The topological polar surface area (TPSA) is 68.5 Å². The molecule has 0 aliphatic heterocycles. The molecule has 0 aliphatic carbocycles. The molecule has 1 atom stereocenters. The van der Waals surface area contributed by atoms with Crippen LogP contribution in [0.25, 0.3) is 4.96 Å². The molecule has 1 unspecified atom stereocenters. The van der Waals surface area contributed by atoms with E-state index < -0.39 is 0 Å². The number of nitrogens with zero attached hydrogens (tertiary/aromatic N) is 3. The van der Waals surface area contributed by atoms with Gasteiger partial charge in [-0.25, -0.2) is 4.98 Å². The summed E-state index contributed by atoms with van der Waals surface area (Å²) < 4.78 is 6.33. The van der Waals surface area contributed by atoms with E-state index in [1.807, 2.05) is 6.92 Å². The van der Waals surface area contributed by atoms with Crippen molar-refractivity contribution in [2.45, 2.75) is 19.9 Å². The molecule has 0 amide bonds. The Kier molecular flexibility index (Phi) is 3.39. The first-order valence-corrected chi connectivity index (χ1v) is 6.05. The van der Waals surface area contributed by atoms with Gasteiger partial charge in [-0.05, 0) is 13.8 Å². The highest BCUT2D eigenvalue weighted by Crippen LogP contribution is 2.17. The van der Waals surface area contributed by atoms with Crippen molar-refractivity contribution in [1.82, 2.24) is 14.6 Å². The zero-order chi connectivity index (χ0) is 12.4. The summed E-state index contributed by atoms with van der Waals surface area (Å²) in [6.45, 7) is 4.36. The van der Waals surface area contributed by atoms with Gasteiger partial charge >= 0.3 is 0 Å². The highest BCUT2D eigenvalue weighted by atomic mass is 32.1. The fraction of sp³-hybridized carbons (Fsp3) is 0.500. The zero-order valence-electron chi connectivity index (χ0n) is 9.93. The molecular formula is C10H14N4O2S. The van der Waals surface area contributed by atoms with E-state index >= 15 is 0 Å². The second-order valence-electron chi connectivity index (χ2n) is 3.84. The van der Waals surface area contributed by atoms with Crippen molar-refractivity contribution in [2.75, 3.05) is 19.0 Å². The Hall–Kier alpha value is -1.47. The molecule has 0 spiro atoms. The van der Waals surface area contributed by atoms with E-state index in [4.69, 9.17) is 4.74 Å².